The smallest absolute Gasteiger partial charge is 0.105 e. The standard InChI is InChI=1S/C13H23F/c1-4-5-6-7-8-9-10-11-12-13(2,3)14/h5-6,8-9H,4,7,10-12H2,1-3H3. The fraction of sp³-hybridized carbons (Fsp3) is 0.692. The maximum atomic E-state index is 13.0. The fourth-order valence-electron chi connectivity index (χ4n) is 1.20. The number of unbranched alkanes of at least 4 members (excludes halogenated alkanes) is 1. The summed E-state index contributed by atoms with van der Waals surface area (Å²) in [7, 11) is 0. The van der Waals surface area contributed by atoms with Crippen LogP contribution in [0.3, 0.4) is 0 Å². The lowest BCUT2D eigenvalue weighted by molar-refractivity contribution is 0.198. The maximum absolute atomic E-state index is 13.0. The number of rotatable bonds is 7. The van der Waals surface area contributed by atoms with Gasteiger partial charge in [0.2, 0.25) is 0 Å². The van der Waals surface area contributed by atoms with Crippen molar-refractivity contribution in [3.05, 3.63) is 24.3 Å². The first kappa shape index (κ1) is 13.4. The van der Waals surface area contributed by atoms with Crippen LogP contribution in [0.2, 0.25) is 0 Å². The van der Waals surface area contributed by atoms with Gasteiger partial charge in [0.25, 0.3) is 0 Å². The molecule has 0 bridgehead atoms. The Kier molecular flexibility index (Phi) is 7.45. The van der Waals surface area contributed by atoms with Gasteiger partial charge in [-0.1, -0.05) is 31.2 Å². The van der Waals surface area contributed by atoms with Gasteiger partial charge in [0.05, 0.1) is 0 Å². The van der Waals surface area contributed by atoms with E-state index in [1.807, 2.05) is 0 Å². The lowest BCUT2D eigenvalue weighted by Crippen LogP contribution is -2.10. The molecule has 0 aromatic rings. The molecule has 0 amide bonds. The molecule has 0 atom stereocenters. The third-order valence-electron chi connectivity index (χ3n) is 1.98. The van der Waals surface area contributed by atoms with Crippen LogP contribution in [-0.4, -0.2) is 5.67 Å². The van der Waals surface area contributed by atoms with Gasteiger partial charge in [0.15, 0.2) is 0 Å². The highest BCUT2D eigenvalue weighted by atomic mass is 19.1. The van der Waals surface area contributed by atoms with E-state index >= 15 is 0 Å². The molecule has 0 fully saturated rings. The predicted molar refractivity (Wildman–Crippen MR) is 62.2 cm³/mol. The molecule has 0 aromatic carbocycles. The van der Waals surface area contributed by atoms with E-state index in [0.717, 1.165) is 25.7 Å². The molecule has 0 unspecified atom stereocenters. The van der Waals surface area contributed by atoms with Gasteiger partial charge < -0.3 is 0 Å². The molecule has 0 aliphatic carbocycles. The second kappa shape index (κ2) is 7.78. The predicted octanol–water partition coefficient (Wildman–Crippen LogP) is 4.82. The molecule has 0 heterocycles. The Labute approximate surface area is 87.9 Å². The maximum Gasteiger partial charge on any atom is 0.105 e. The Balaban J connectivity index is 3.32. The second-order valence-corrected chi connectivity index (χ2v) is 4.20. The first-order valence-corrected chi connectivity index (χ1v) is 5.55. The third-order valence-corrected chi connectivity index (χ3v) is 1.98. The minimum atomic E-state index is -1.00. The van der Waals surface area contributed by atoms with Crippen LogP contribution in [0.5, 0.6) is 0 Å². The van der Waals surface area contributed by atoms with Gasteiger partial charge in [-0.25, -0.2) is 4.39 Å². The summed E-state index contributed by atoms with van der Waals surface area (Å²) in [5, 5.41) is 0. The number of hydrogen-bond acceptors (Lipinski definition) is 0. The number of hydrogen-bond donors (Lipinski definition) is 0. The molecule has 0 aromatic heterocycles. The van der Waals surface area contributed by atoms with Gasteiger partial charge in [-0.2, -0.15) is 0 Å². The first-order chi connectivity index (χ1) is 6.56. The summed E-state index contributed by atoms with van der Waals surface area (Å²) in [6.45, 7) is 5.41. The summed E-state index contributed by atoms with van der Waals surface area (Å²) in [5.74, 6) is 0. The molecule has 0 nitrogen and oxygen atoms in total. The zero-order valence-corrected chi connectivity index (χ0v) is 9.72. The molecule has 0 rings (SSSR count). The molecule has 0 saturated heterocycles. The van der Waals surface area contributed by atoms with Gasteiger partial charge in [-0.05, 0) is 46.0 Å². The molecule has 82 valence electrons. The summed E-state index contributed by atoms with van der Waals surface area (Å²) in [6.07, 6.45) is 13.3. The molecule has 14 heavy (non-hydrogen) atoms. The lowest BCUT2D eigenvalue weighted by Gasteiger charge is -2.11. The van der Waals surface area contributed by atoms with E-state index in [0.29, 0.717) is 6.42 Å². The molecule has 0 aliphatic rings. The van der Waals surface area contributed by atoms with E-state index in [1.165, 1.54) is 0 Å². The molecule has 1 heteroatoms. The second-order valence-electron chi connectivity index (χ2n) is 4.20. The summed E-state index contributed by atoms with van der Waals surface area (Å²) in [4.78, 5) is 0. The zero-order valence-electron chi connectivity index (χ0n) is 9.72. The van der Waals surface area contributed by atoms with Crippen molar-refractivity contribution >= 4 is 0 Å². The van der Waals surface area contributed by atoms with Crippen molar-refractivity contribution in [2.24, 2.45) is 0 Å². The molecule has 0 radical (unpaired) electrons. The molecular formula is C13H23F. The minimum Gasteiger partial charge on any atom is -0.245 e. The van der Waals surface area contributed by atoms with Crippen LogP contribution in [0.1, 0.15) is 52.9 Å². The Morgan fingerprint density at radius 3 is 2.29 bits per heavy atom. The number of allylic oxidation sites excluding steroid dienone is 4. The van der Waals surface area contributed by atoms with Crippen molar-refractivity contribution in [1.82, 2.24) is 0 Å². The van der Waals surface area contributed by atoms with Crippen molar-refractivity contribution in [1.29, 1.82) is 0 Å². The minimum absolute atomic E-state index is 0.655. The largest absolute Gasteiger partial charge is 0.245 e. The van der Waals surface area contributed by atoms with Gasteiger partial charge >= 0.3 is 0 Å². The van der Waals surface area contributed by atoms with Crippen molar-refractivity contribution in [3.8, 4) is 0 Å². The monoisotopic (exact) mass is 198 g/mol. The Hall–Kier alpha value is -0.590. The molecule has 0 saturated carbocycles. The number of alkyl halides is 1. The normalized spacial score (nSPS) is 13.1. The van der Waals surface area contributed by atoms with Crippen LogP contribution in [0.4, 0.5) is 4.39 Å². The van der Waals surface area contributed by atoms with Crippen molar-refractivity contribution < 1.29 is 4.39 Å². The molecule has 0 spiro atoms. The Morgan fingerprint density at radius 2 is 1.71 bits per heavy atom. The highest BCUT2D eigenvalue weighted by Gasteiger charge is 2.13. The summed E-state index contributed by atoms with van der Waals surface area (Å²) < 4.78 is 13.0. The fourth-order valence-corrected chi connectivity index (χ4v) is 1.20. The summed E-state index contributed by atoms with van der Waals surface area (Å²) >= 11 is 0. The van der Waals surface area contributed by atoms with Crippen LogP contribution < -0.4 is 0 Å². The lowest BCUT2D eigenvalue weighted by atomic mass is 10.0. The molecule has 0 N–H and O–H groups in total. The Bertz CT molecular complexity index is 172. The SMILES string of the molecule is CCC=CCC=CCCCC(C)(C)F. The average Bonchev–Trinajstić information content (AvgIpc) is 2.08. The topological polar surface area (TPSA) is 0 Å². The number of halogens is 1. The highest BCUT2D eigenvalue weighted by Crippen LogP contribution is 2.17. The van der Waals surface area contributed by atoms with Crippen molar-refractivity contribution in [2.75, 3.05) is 0 Å². The van der Waals surface area contributed by atoms with E-state index in [-0.39, 0.29) is 0 Å². The van der Waals surface area contributed by atoms with Crippen LogP contribution in [0.15, 0.2) is 24.3 Å². The van der Waals surface area contributed by atoms with Crippen molar-refractivity contribution in [2.45, 2.75) is 58.5 Å². The van der Waals surface area contributed by atoms with E-state index in [9.17, 15) is 4.39 Å². The average molecular weight is 198 g/mol. The van der Waals surface area contributed by atoms with E-state index in [2.05, 4.69) is 31.2 Å². The van der Waals surface area contributed by atoms with Crippen LogP contribution in [0, 0.1) is 0 Å². The van der Waals surface area contributed by atoms with E-state index in [4.69, 9.17) is 0 Å². The molecule has 0 aliphatic heterocycles. The molecular weight excluding hydrogens is 175 g/mol. The first-order valence-electron chi connectivity index (χ1n) is 5.55. The quantitative estimate of drug-likeness (QED) is 0.406. The van der Waals surface area contributed by atoms with Gasteiger partial charge in [0.1, 0.15) is 5.67 Å². The van der Waals surface area contributed by atoms with Crippen LogP contribution in [0.25, 0.3) is 0 Å². The van der Waals surface area contributed by atoms with Gasteiger partial charge in [-0.15, -0.1) is 0 Å². The Morgan fingerprint density at radius 1 is 1.07 bits per heavy atom. The van der Waals surface area contributed by atoms with E-state index < -0.39 is 5.67 Å². The van der Waals surface area contributed by atoms with Crippen LogP contribution in [-0.2, 0) is 0 Å². The van der Waals surface area contributed by atoms with Crippen molar-refractivity contribution in [3.63, 3.8) is 0 Å². The third kappa shape index (κ3) is 11.4. The van der Waals surface area contributed by atoms with E-state index in [1.54, 1.807) is 13.8 Å². The van der Waals surface area contributed by atoms with Gasteiger partial charge in [0, 0.05) is 0 Å². The van der Waals surface area contributed by atoms with Crippen LogP contribution >= 0.6 is 0 Å². The highest BCUT2D eigenvalue weighted by molar-refractivity contribution is 4.92. The zero-order chi connectivity index (χ0) is 10.9. The van der Waals surface area contributed by atoms with Gasteiger partial charge in [-0.3, -0.25) is 0 Å². The summed E-state index contributed by atoms with van der Waals surface area (Å²) in [5.41, 5.74) is -1.00. The summed E-state index contributed by atoms with van der Waals surface area (Å²) in [6, 6.07) is 0.